The number of hydrogen-bond donors (Lipinski definition) is 2. The van der Waals surface area contributed by atoms with Crippen molar-refractivity contribution in [3.63, 3.8) is 0 Å². The van der Waals surface area contributed by atoms with Gasteiger partial charge >= 0.3 is 0 Å². The van der Waals surface area contributed by atoms with Gasteiger partial charge in [-0.15, -0.1) is 0 Å². The summed E-state index contributed by atoms with van der Waals surface area (Å²) in [7, 11) is 0. The second kappa shape index (κ2) is 5.25. The van der Waals surface area contributed by atoms with Gasteiger partial charge in [0.2, 0.25) is 0 Å². The lowest BCUT2D eigenvalue weighted by Gasteiger charge is -2.51. The molecule has 2 fully saturated rings. The normalized spacial score (nSPS) is 29.8. The lowest BCUT2D eigenvalue weighted by atomic mass is 9.60. The number of ether oxygens (including phenoxy) is 1. The van der Waals surface area contributed by atoms with Crippen LogP contribution in [0.4, 0.5) is 0 Å². The Labute approximate surface area is 105 Å². The number of rotatable bonds is 3. The lowest BCUT2D eigenvalue weighted by molar-refractivity contribution is -0.155. The van der Waals surface area contributed by atoms with Crippen LogP contribution >= 0.6 is 0 Å². The first-order valence-electron chi connectivity index (χ1n) is 7.13. The minimum absolute atomic E-state index is 0.118. The van der Waals surface area contributed by atoms with E-state index >= 15 is 0 Å². The Morgan fingerprint density at radius 1 is 1.24 bits per heavy atom. The highest BCUT2D eigenvalue weighted by Crippen LogP contribution is 2.48. The van der Waals surface area contributed by atoms with Crippen molar-refractivity contribution in [3.8, 4) is 0 Å². The zero-order valence-corrected chi connectivity index (χ0v) is 11.1. The van der Waals surface area contributed by atoms with Crippen LogP contribution in [0.2, 0.25) is 0 Å². The molecule has 3 nitrogen and oxygen atoms in total. The third kappa shape index (κ3) is 2.38. The fourth-order valence-corrected chi connectivity index (χ4v) is 3.78. The molecule has 1 saturated carbocycles. The molecule has 1 unspecified atom stereocenters. The van der Waals surface area contributed by atoms with Crippen LogP contribution in [0.15, 0.2) is 0 Å². The smallest absolute Gasteiger partial charge is 0.0717 e. The van der Waals surface area contributed by atoms with E-state index in [0.29, 0.717) is 12.5 Å². The highest BCUT2D eigenvalue weighted by Gasteiger charge is 2.51. The molecule has 0 amide bonds. The van der Waals surface area contributed by atoms with E-state index in [0.717, 1.165) is 38.9 Å². The van der Waals surface area contributed by atoms with Crippen molar-refractivity contribution in [2.75, 3.05) is 19.8 Å². The van der Waals surface area contributed by atoms with Crippen LogP contribution in [-0.4, -0.2) is 30.5 Å². The van der Waals surface area contributed by atoms with E-state index in [1.54, 1.807) is 0 Å². The molecule has 100 valence electrons. The Balaban J connectivity index is 2.14. The molecule has 2 rings (SSSR count). The molecule has 0 bridgehead atoms. The maximum atomic E-state index is 11.1. The van der Waals surface area contributed by atoms with Gasteiger partial charge in [-0.2, -0.15) is 0 Å². The van der Waals surface area contributed by atoms with E-state index in [-0.39, 0.29) is 5.41 Å². The average Bonchev–Trinajstić information content (AvgIpc) is 2.40. The summed E-state index contributed by atoms with van der Waals surface area (Å²) in [5.41, 5.74) is 5.28. The first kappa shape index (κ1) is 13.3. The Hall–Kier alpha value is -0.120. The van der Waals surface area contributed by atoms with E-state index in [9.17, 15) is 5.11 Å². The lowest BCUT2D eigenvalue weighted by Crippen LogP contribution is -2.57. The molecular formula is C14H27NO2. The Morgan fingerprint density at radius 2 is 1.82 bits per heavy atom. The second-order valence-corrected chi connectivity index (χ2v) is 6.08. The minimum atomic E-state index is -0.619. The first-order chi connectivity index (χ1) is 8.12. The van der Waals surface area contributed by atoms with Gasteiger partial charge in [-0.3, -0.25) is 0 Å². The molecule has 1 atom stereocenters. The standard InChI is InChI=1S/C14H27NO2/c1-13(16,12-5-3-2-4-6-12)14(11-15)7-9-17-10-8-14/h12,16H,2-11,15H2,1H3. The summed E-state index contributed by atoms with van der Waals surface area (Å²) in [6.07, 6.45) is 7.99. The van der Waals surface area contributed by atoms with Crippen LogP contribution in [0.25, 0.3) is 0 Å². The number of aliphatic hydroxyl groups is 1. The summed E-state index contributed by atoms with van der Waals surface area (Å²) in [6, 6.07) is 0. The summed E-state index contributed by atoms with van der Waals surface area (Å²) in [5.74, 6) is 0.429. The fraction of sp³-hybridized carbons (Fsp3) is 1.00. The highest BCUT2D eigenvalue weighted by molar-refractivity contribution is 5.02. The molecule has 0 aromatic rings. The van der Waals surface area contributed by atoms with Crippen LogP contribution in [0, 0.1) is 11.3 Å². The van der Waals surface area contributed by atoms with Crippen molar-refractivity contribution < 1.29 is 9.84 Å². The fourth-order valence-electron chi connectivity index (χ4n) is 3.78. The quantitative estimate of drug-likeness (QED) is 0.795. The molecule has 1 heterocycles. The summed E-state index contributed by atoms with van der Waals surface area (Å²) in [4.78, 5) is 0. The molecule has 3 heteroatoms. The van der Waals surface area contributed by atoms with Gasteiger partial charge in [-0.25, -0.2) is 0 Å². The molecule has 0 aromatic heterocycles. The SMILES string of the molecule is CC(O)(C1CCCCC1)C1(CN)CCOCC1. The molecule has 1 saturated heterocycles. The Kier molecular flexibility index (Phi) is 4.11. The van der Waals surface area contributed by atoms with Crippen LogP contribution in [0.5, 0.6) is 0 Å². The van der Waals surface area contributed by atoms with E-state index in [1.807, 2.05) is 6.92 Å². The van der Waals surface area contributed by atoms with E-state index in [1.165, 1.54) is 19.3 Å². The van der Waals surface area contributed by atoms with Crippen molar-refractivity contribution in [2.24, 2.45) is 17.1 Å². The summed E-state index contributed by atoms with van der Waals surface area (Å²) in [6.45, 7) is 4.11. The van der Waals surface area contributed by atoms with Gasteiger partial charge in [-0.1, -0.05) is 19.3 Å². The van der Waals surface area contributed by atoms with Gasteiger partial charge < -0.3 is 15.6 Å². The van der Waals surface area contributed by atoms with Gasteiger partial charge in [0.25, 0.3) is 0 Å². The van der Waals surface area contributed by atoms with Gasteiger partial charge in [0, 0.05) is 25.2 Å². The summed E-state index contributed by atoms with van der Waals surface area (Å²) >= 11 is 0. The van der Waals surface area contributed by atoms with Crippen molar-refractivity contribution >= 4 is 0 Å². The van der Waals surface area contributed by atoms with Gasteiger partial charge in [0.05, 0.1) is 5.60 Å². The van der Waals surface area contributed by atoms with Crippen molar-refractivity contribution in [3.05, 3.63) is 0 Å². The third-order valence-corrected chi connectivity index (χ3v) is 5.31. The Bertz CT molecular complexity index is 241. The van der Waals surface area contributed by atoms with Gasteiger partial charge in [0.1, 0.15) is 0 Å². The number of nitrogens with two attached hydrogens (primary N) is 1. The minimum Gasteiger partial charge on any atom is -0.389 e. The molecule has 0 radical (unpaired) electrons. The molecule has 2 aliphatic rings. The first-order valence-corrected chi connectivity index (χ1v) is 7.13. The zero-order valence-electron chi connectivity index (χ0n) is 11.1. The van der Waals surface area contributed by atoms with Gasteiger partial charge in [0.15, 0.2) is 0 Å². The highest BCUT2D eigenvalue weighted by atomic mass is 16.5. The molecule has 1 aliphatic heterocycles. The van der Waals surface area contributed by atoms with Crippen molar-refractivity contribution in [2.45, 2.75) is 57.5 Å². The van der Waals surface area contributed by atoms with Crippen LogP contribution < -0.4 is 5.73 Å². The van der Waals surface area contributed by atoms with Crippen LogP contribution in [-0.2, 0) is 4.74 Å². The molecule has 3 N–H and O–H groups in total. The van der Waals surface area contributed by atoms with Crippen LogP contribution in [0.3, 0.4) is 0 Å². The summed E-state index contributed by atoms with van der Waals surface area (Å²) < 4.78 is 5.44. The molecule has 1 aliphatic carbocycles. The van der Waals surface area contributed by atoms with E-state index < -0.39 is 5.60 Å². The maximum absolute atomic E-state index is 11.1. The molecular weight excluding hydrogens is 214 g/mol. The predicted octanol–water partition coefficient (Wildman–Crippen LogP) is 2.07. The summed E-state index contributed by atoms with van der Waals surface area (Å²) in [5, 5.41) is 11.1. The number of hydrogen-bond acceptors (Lipinski definition) is 3. The van der Waals surface area contributed by atoms with Gasteiger partial charge in [-0.05, 0) is 38.5 Å². The van der Waals surface area contributed by atoms with Crippen molar-refractivity contribution in [1.29, 1.82) is 0 Å². The predicted molar refractivity (Wildman–Crippen MR) is 68.7 cm³/mol. The average molecular weight is 241 g/mol. The molecule has 0 aromatic carbocycles. The Morgan fingerprint density at radius 3 is 2.35 bits per heavy atom. The molecule has 17 heavy (non-hydrogen) atoms. The third-order valence-electron chi connectivity index (χ3n) is 5.31. The zero-order chi connectivity index (χ0) is 12.4. The monoisotopic (exact) mass is 241 g/mol. The van der Waals surface area contributed by atoms with Crippen LogP contribution in [0.1, 0.15) is 51.9 Å². The largest absolute Gasteiger partial charge is 0.389 e. The van der Waals surface area contributed by atoms with Crippen molar-refractivity contribution in [1.82, 2.24) is 0 Å². The maximum Gasteiger partial charge on any atom is 0.0717 e. The van der Waals surface area contributed by atoms with E-state index in [2.05, 4.69) is 0 Å². The van der Waals surface area contributed by atoms with E-state index in [4.69, 9.17) is 10.5 Å². The molecule has 0 spiro atoms. The topological polar surface area (TPSA) is 55.5 Å². The second-order valence-electron chi connectivity index (χ2n) is 6.08.